The SMILES string of the molecule is CC(C)C(=O)Nc1ccc2nc(-c3ccccc3)cc(N3CC(F)C3)c2c1. The van der Waals surface area contributed by atoms with E-state index in [0.29, 0.717) is 13.1 Å². The summed E-state index contributed by atoms with van der Waals surface area (Å²) in [4.78, 5) is 18.8. The fraction of sp³-hybridized carbons (Fsp3) is 0.273. The summed E-state index contributed by atoms with van der Waals surface area (Å²) in [7, 11) is 0. The van der Waals surface area contributed by atoms with E-state index in [2.05, 4.69) is 5.32 Å². The van der Waals surface area contributed by atoms with Crippen molar-refractivity contribution >= 4 is 28.2 Å². The third-order valence-corrected chi connectivity index (χ3v) is 4.83. The Kier molecular flexibility index (Phi) is 4.52. The highest BCUT2D eigenvalue weighted by Gasteiger charge is 2.28. The van der Waals surface area contributed by atoms with E-state index in [-0.39, 0.29) is 11.8 Å². The number of fused-ring (bicyclic) bond motifs is 1. The molecule has 0 aliphatic carbocycles. The number of alkyl halides is 1. The van der Waals surface area contributed by atoms with Gasteiger partial charge in [0.1, 0.15) is 6.17 Å². The van der Waals surface area contributed by atoms with E-state index in [1.807, 2.05) is 73.3 Å². The molecule has 4 rings (SSSR count). The fourth-order valence-corrected chi connectivity index (χ4v) is 3.21. The summed E-state index contributed by atoms with van der Waals surface area (Å²) < 4.78 is 13.5. The lowest BCUT2D eigenvalue weighted by molar-refractivity contribution is -0.118. The predicted octanol–water partition coefficient (Wildman–Crippen LogP) is 4.65. The first-order valence-electron chi connectivity index (χ1n) is 9.21. The molecule has 1 saturated heterocycles. The molecule has 1 aliphatic rings. The van der Waals surface area contributed by atoms with Crippen LogP contribution in [0.4, 0.5) is 15.8 Å². The molecule has 1 fully saturated rings. The van der Waals surface area contributed by atoms with Gasteiger partial charge in [0.15, 0.2) is 0 Å². The fourth-order valence-electron chi connectivity index (χ4n) is 3.21. The lowest BCUT2D eigenvalue weighted by atomic mass is 10.0. The highest BCUT2D eigenvalue weighted by atomic mass is 19.1. The molecule has 4 nitrogen and oxygen atoms in total. The molecule has 0 radical (unpaired) electrons. The zero-order valence-electron chi connectivity index (χ0n) is 15.4. The molecule has 1 N–H and O–H groups in total. The number of hydrogen-bond acceptors (Lipinski definition) is 3. The van der Waals surface area contributed by atoms with Crippen molar-refractivity contribution in [1.29, 1.82) is 0 Å². The van der Waals surface area contributed by atoms with Crippen LogP contribution in [-0.2, 0) is 4.79 Å². The van der Waals surface area contributed by atoms with Crippen molar-refractivity contribution in [3.63, 3.8) is 0 Å². The molecule has 0 bridgehead atoms. The Labute approximate surface area is 158 Å². The lowest BCUT2D eigenvalue weighted by Crippen LogP contribution is -2.48. The van der Waals surface area contributed by atoms with Gasteiger partial charge in [-0.05, 0) is 24.3 Å². The van der Waals surface area contributed by atoms with Crippen LogP contribution in [0.2, 0.25) is 0 Å². The minimum Gasteiger partial charge on any atom is -0.365 e. The second-order valence-corrected chi connectivity index (χ2v) is 7.27. The highest BCUT2D eigenvalue weighted by Crippen LogP contribution is 2.35. The smallest absolute Gasteiger partial charge is 0.226 e. The normalized spacial score (nSPS) is 14.4. The first kappa shape index (κ1) is 17.5. The van der Waals surface area contributed by atoms with Gasteiger partial charge in [-0.1, -0.05) is 44.2 Å². The highest BCUT2D eigenvalue weighted by molar-refractivity contribution is 5.99. The van der Waals surface area contributed by atoms with Gasteiger partial charge in [-0.3, -0.25) is 4.79 Å². The average Bonchev–Trinajstić information content (AvgIpc) is 2.65. The molecule has 0 saturated carbocycles. The summed E-state index contributed by atoms with van der Waals surface area (Å²) in [6.07, 6.45) is -0.794. The third kappa shape index (κ3) is 3.50. The van der Waals surface area contributed by atoms with E-state index >= 15 is 0 Å². The molecule has 5 heteroatoms. The quantitative estimate of drug-likeness (QED) is 0.734. The lowest BCUT2D eigenvalue weighted by Gasteiger charge is -2.37. The molecule has 2 aromatic carbocycles. The van der Waals surface area contributed by atoms with E-state index in [1.165, 1.54) is 0 Å². The molecule has 1 aliphatic heterocycles. The number of carbonyl (C=O) groups is 1. The van der Waals surface area contributed by atoms with Gasteiger partial charge in [-0.15, -0.1) is 0 Å². The zero-order valence-corrected chi connectivity index (χ0v) is 15.4. The number of nitrogens with one attached hydrogen (secondary N) is 1. The maximum atomic E-state index is 13.5. The van der Waals surface area contributed by atoms with Crippen LogP contribution >= 0.6 is 0 Å². The molecular weight excluding hydrogens is 341 g/mol. The van der Waals surface area contributed by atoms with Crippen LogP contribution in [0.3, 0.4) is 0 Å². The first-order valence-corrected chi connectivity index (χ1v) is 9.21. The zero-order chi connectivity index (χ0) is 19.0. The summed E-state index contributed by atoms with van der Waals surface area (Å²) in [5.74, 6) is -0.126. The van der Waals surface area contributed by atoms with Crippen molar-refractivity contribution < 1.29 is 9.18 Å². The number of aromatic nitrogens is 1. The molecule has 3 aromatic rings. The van der Waals surface area contributed by atoms with Crippen molar-refractivity contribution in [1.82, 2.24) is 4.98 Å². The van der Waals surface area contributed by atoms with Crippen molar-refractivity contribution in [2.75, 3.05) is 23.3 Å². The van der Waals surface area contributed by atoms with Crippen LogP contribution in [0.5, 0.6) is 0 Å². The molecule has 27 heavy (non-hydrogen) atoms. The van der Waals surface area contributed by atoms with Crippen molar-refractivity contribution in [3.8, 4) is 11.3 Å². The molecule has 0 spiro atoms. The topological polar surface area (TPSA) is 45.2 Å². The molecule has 0 atom stereocenters. The molecule has 0 unspecified atom stereocenters. The molecule has 138 valence electrons. The summed E-state index contributed by atoms with van der Waals surface area (Å²) in [5, 5.41) is 3.85. The van der Waals surface area contributed by atoms with Crippen LogP contribution in [0, 0.1) is 5.92 Å². The second kappa shape index (κ2) is 6.99. The summed E-state index contributed by atoms with van der Waals surface area (Å²) in [6.45, 7) is 4.49. The van der Waals surface area contributed by atoms with Gasteiger partial charge in [0, 0.05) is 28.2 Å². The average molecular weight is 363 g/mol. The van der Waals surface area contributed by atoms with Crippen molar-refractivity contribution in [2.45, 2.75) is 20.0 Å². The second-order valence-electron chi connectivity index (χ2n) is 7.27. The monoisotopic (exact) mass is 363 g/mol. The van der Waals surface area contributed by atoms with Crippen LogP contribution in [-0.4, -0.2) is 30.2 Å². The van der Waals surface area contributed by atoms with Gasteiger partial charge in [0.25, 0.3) is 0 Å². The Balaban J connectivity index is 1.80. The summed E-state index contributed by atoms with van der Waals surface area (Å²) >= 11 is 0. The van der Waals surface area contributed by atoms with Gasteiger partial charge in [0.05, 0.1) is 24.3 Å². The minimum absolute atomic E-state index is 0.0301. The van der Waals surface area contributed by atoms with Crippen LogP contribution in [0.15, 0.2) is 54.6 Å². The van der Waals surface area contributed by atoms with Crippen LogP contribution < -0.4 is 10.2 Å². The largest absolute Gasteiger partial charge is 0.365 e. The Hall–Kier alpha value is -2.95. The van der Waals surface area contributed by atoms with E-state index in [9.17, 15) is 9.18 Å². The number of pyridine rings is 1. The molecule has 1 aromatic heterocycles. The predicted molar refractivity (Wildman–Crippen MR) is 108 cm³/mol. The maximum absolute atomic E-state index is 13.5. The minimum atomic E-state index is -0.794. The third-order valence-electron chi connectivity index (χ3n) is 4.83. The number of nitrogens with zero attached hydrogens (tertiary/aromatic N) is 2. The number of rotatable bonds is 4. The Morgan fingerprint density at radius 3 is 2.56 bits per heavy atom. The number of amides is 1. The Morgan fingerprint density at radius 2 is 1.89 bits per heavy atom. The van der Waals surface area contributed by atoms with Crippen LogP contribution in [0.1, 0.15) is 13.8 Å². The van der Waals surface area contributed by atoms with Gasteiger partial charge in [0.2, 0.25) is 5.91 Å². The Bertz CT molecular complexity index is 982. The van der Waals surface area contributed by atoms with E-state index in [0.717, 1.165) is 33.5 Å². The van der Waals surface area contributed by atoms with Gasteiger partial charge < -0.3 is 10.2 Å². The summed E-state index contributed by atoms with van der Waals surface area (Å²) in [6, 6.07) is 17.7. The Morgan fingerprint density at radius 1 is 1.15 bits per heavy atom. The van der Waals surface area contributed by atoms with Crippen molar-refractivity contribution in [2.24, 2.45) is 5.92 Å². The van der Waals surface area contributed by atoms with E-state index in [1.54, 1.807) is 0 Å². The molecule has 2 heterocycles. The number of carbonyl (C=O) groups excluding carboxylic acids is 1. The standard InChI is InChI=1S/C22H22FN3O/c1-14(2)22(27)24-17-8-9-19-18(10-17)21(26-12-16(23)13-26)11-20(25-19)15-6-4-3-5-7-15/h3-11,14,16H,12-13H2,1-2H3,(H,24,27). The van der Waals surface area contributed by atoms with Crippen LogP contribution in [0.25, 0.3) is 22.2 Å². The number of anilines is 2. The van der Waals surface area contributed by atoms with Gasteiger partial charge in [-0.2, -0.15) is 0 Å². The number of benzene rings is 2. The van der Waals surface area contributed by atoms with E-state index in [4.69, 9.17) is 4.98 Å². The number of halogens is 1. The van der Waals surface area contributed by atoms with E-state index < -0.39 is 6.17 Å². The molecular formula is C22H22FN3O. The first-order chi connectivity index (χ1) is 13.0. The van der Waals surface area contributed by atoms with Crippen molar-refractivity contribution in [3.05, 3.63) is 54.6 Å². The maximum Gasteiger partial charge on any atom is 0.226 e. The number of hydrogen-bond donors (Lipinski definition) is 1. The van der Waals surface area contributed by atoms with Gasteiger partial charge in [-0.25, -0.2) is 9.37 Å². The molecule has 1 amide bonds. The van der Waals surface area contributed by atoms with Gasteiger partial charge >= 0.3 is 0 Å². The summed E-state index contributed by atoms with van der Waals surface area (Å²) in [5.41, 5.74) is 4.40.